The highest BCUT2D eigenvalue weighted by Crippen LogP contribution is 2.21. The molecule has 0 aliphatic carbocycles. The lowest BCUT2D eigenvalue weighted by Crippen LogP contribution is -2.26. The molecule has 0 saturated carbocycles. The van der Waals surface area contributed by atoms with Crippen molar-refractivity contribution in [2.45, 2.75) is 6.54 Å². The summed E-state index contributed by atoms with van der Waals surface area (Å²) in [7, 11) is 1.50. The quantitative estimate of drug-likeness (QED) is 0.917. The molecule has 1 N–H and O–H groups in total. The zero-order valence-electron chi connectivity index (χ0n) is 11.2. The molecule has 0 aromatic heterocycles. The van der Waals surface area contributed by atoms with E-state index in [1.807, 2.05) is 48.5 Å². The minimum atomic E-state index is -0.116. The summed E-state index contributed by atoms with van der Waals surface area (Å²) in [6, 6.07) is 15.8. The Morgan fingerprint density at radius 1 is 1.05 bits per heavy atom. The van der Waals surface area contributed by atoms with E-state index < -0.39 is 0 Å². The van der Waals surface area contributed by atoms with Gasteiger partial charge in [-0.25, -0.2) is 0 Å². The molecule has 0 spiro atoms. The van der Waals surface area contributed by atoms with Crippen LogP contribution >= 0.6 is 11.6 Å². The molecule has 2 aromatic rings. The smallest absolute Gasteiger partial charge is 0.246 e. The maximum absolute atomic E-state index is 11.3. The van der Waals surface area contributed by atoms with Gasteiger partial charge in [-0.15, -0.1) is 0 Å². The van der Waals surface area contributed by atoms with Crippen LogP contribution in [0.2, 0.25) is 5.02 Å². The molecule has 0 bridgehead atoms. The number of methoxy groups -OCH3 is 1. The van der Waals surface area contributed by atoms with Crippen molar-refractivity contribution >= 4 is 17.5 Å². The lowest BCUT2D eigenvalue weighted by atomic mass is 10.0. The lowest BCUT2D eigenvalue weighted by molar-refractivity contribution is -0.124. The zero-order chi connectivity index (χ0) is 14.4. The van der Waals surface area contributed by atoms with Crippen LogP contribution in [0, 0.1) is 0 Å². The number of rotatable bonds is 5. The van der Waals surface area contributed by atoms with Crippen LogP contribution < -0.4 is 5.32 Å². The van der Waals surface area contributed by atoms with E-state index in [9.17, 15) is 4.79 Å². The van der Waals surface area contributed by atoms with Gasteiger partial charge in [0.15, 0.2) is 0 Å². The third-order valence-corrected chi connectivity index (χ3v) is 3.15. The molecule has 0 aliphatic heterocycles. The molecule has 3 nitrogen and oxygen atoms in total. The van der Waals surface area contributed by atoms with E-state index in [4.69, 9.17) is 16.3 Å². The monoisotopic (exact) mass is 289 g/mol. The van der Waals surface area contributed by atoms with Crippen molar-refractivity contribution in [1.82, 2.24) is 5.32 Å². The summed E-state index contributed by atoms with van der Waals surface area (Å²) in [5.41, 5.74) is 3.28. The summed E-state index contributed by atoms with van der Waals surface area (Å²) >= 11 is 5.87. The molecule has 1 amide bonds. The molecule has 0 atom stereocenters. The highest BCUT2D eigenvalue weighted by Gasteiger charge is 2.01. The van der Waals surface area contributed by atoms with Gasteiger partial charge in [-0.1, -0.05) is 48.0 Å². The van der Waals surface area contributed by atoms with Crippen LogP contribution in [0.3, 0.4) is 0 Å². The first-order valence-electron chi connectivity index (χ1n) is 6.29. The number of carbonyl (C=O) groups excluding carboxylic acids is 1. The Morgan fingerprint density at radius 2 is 1.60 bits per heavy atom. The molecule has 0 aliphatic rings. The molecule has 0 saturated heterocycles. The van der Waals surface area contributed by atoms with Crippen molar-refractivity contribution in [2.24, 2.45) is 0 Å². The third-order valence-electron chi connectivity index (χ3n) is 2.90. The number of carbonyl (C=O) groups is 1. The maximum atomic E-state index is 11.3. The van der Waals surface area contributed by atoms with Crippen LogP contribution in [-0.2, 0) is 16.1 Å². The second-order valence-corrected chi connectivity index (χ2v) is 4.85. The summed E-state index contributed by atoms with van der Waals surface area (Å²) in [5.74, 6) is -0.116. The van der Waals surface area contributed by atoms with Gasteiger partial charge in [-0.05, 0) is 28.8 Å². The molecular weight excluding hydrogens is 274 g/mol. The average molecular weight is 290 g/mol. The minimum absolute atomic E-state index is 0.0862. The maximum Gasteiger partial charge on any atom is 0.246 e. The van der Waals surface area contributed by atoms with Gasteiger partial charge in [-0.3, -0.25) is 4.79 Å². The Labute approximate surface area is 123 Å². The molecule has 0 radical (unpaired) electrons. The topological polar surface area (TPSA) is 38.3 Å². The molecule has 2 rings (SSSR count). The van der Waals surface area contributed by atoms with E-state index in [1.54, 1.807) is 0 Å². The summed E-state index contributed by atoms with van der Waals surface area (Å²) < 4.78 is 4.76. The molecular formula is C16H16ClNO2. The standard InChI is InChI=1S/C16H16ClNO2/c1-20-11-16(19)18-10-12-2-4-13(5-3-12)14-6-8-15(17)9-7-14/h2-9H,10-11H2,1H3,(H,18,19). The van der Waals surface area contributed by atoms with Crippen molar-refractivity contribution in [3.63, 3.8) is 0 Å². The second-order valence-electron chi connectivity index (χ2n) is 4.41. The summed E-state index contributed by atoms with van der Waals surface area (Å²) in [4.78, 5) is 11.3. The van der Waals surface area contributed by atoms with E-state index in [0.29, 0.717) is 6.54 Å². The Balaban J connectivity index is 1.99. The SMILES string of the molecule is COCC(=O)NCc1ccc(-c2ccc(Cl)cc2)cc1. The fraction of sp³-hybridized carbons (Fsp3) is 0.188. The van der Waals surface area contributed by atoms with E-state index in [1.165, 1.54) is 7.11 Å². The Kier molecular flexibility index (Phi) is 5.16. The van der Waals surface area contributed by atoms with Gasteiger partial charge < -0.3 is 10.1 Å². The second kappa shape index (κ2) is 7.08. The number of ether oxygens (including phenoxy) is 1. The molecule has 104 valence electrons. The first-order valence-corrected chi connectivity index (χ1v) is 6.67. The number of halogens is 1. The van der Waals surface area contributed by atoms with Gasteiger partial charge in [-0.2, -0.15) is 0 Å². The van der Waals surface area contributed by atoms with Gasteiger partial charge in [0, 0.05) is 18.7 Å². The molecule has 0 heterocycles. The summed E-state index contributed by atoms with van der Waals surface area (Å²) in [6.07, 6.45) is 0. The largest absolute Gasteiger partial charge is 0.375 e. The number of hydrogen-bond acceptors (Lipinski definition) is 2. The fourth-order valence-corrected chi connectivity index (χ4v) is 1.97. The van der Waals surface area contributed by atoms with Crippen LogP contribution in [0.4, 0.5) is 0 Å². The van der Waals surface area contributed by atoms with Gasteiger partial charge in [0.05, 0.1) is 0 Å². The van der Waals surface area contributed by atoms with Crippen molar-refractivity contribution in [3.05, 3.63) is 59.1 Å². The van der Waals surface area contributed by atoms with Gasteiger partial charge in [0.2, 0.25) is 5.91 Å². The average Bonchev–Trinajstić information content (AvgIpc) is 2.47. The van der Waals surface area contributed by atoms with Crippen molar-refractivity contribution in [1.29, 1.82) is 0 Å². The van der Waals surface area contributed by atoms with E-state index in [0.717, 1.165) is 21.7 Å². The molecule has 0 fully saturated rings. The van der Waals surface area contributed by atoms with E-state index in [-0.39, 0.29) is 12.5 Å². The predicted octanol–water partition coefficient (Wildman–Crippen LogP) is 3.27. The molecule has 4 heteroatoms. The van der Waals surface area contributed by atoms with Crippen LogP contribution in [0.1, 0.15) is 5.56 Å². The predicted molar refractivity (Wildman–Crippen MR) is 80.6 cm³/mol. The first-order chi connectivity index (χ1) is 9.69. The number of hydrogen-bond donors (Lipinski definition) is 1. The van der Waals surface area contributed by atoms with E-state index in [2.05, 4.69) is 5.32 Å². The highest BCUT2D eigenvalue weighted by atomic mass is 35.5. The fourth-order valence-electron chi connectivity index (χ4n) is 1.84. The Hall–Kier alpha value is -1.84. The van der Waals surface area contributed by atoms with E-state index >= 15 is 0 Å². The minimum Gasteiger partial charge on any atom is -0.375 e. The molecule has 0 unspecified atom stereocenters. The number of amides is 1. The normalized spacial score (nSPS) is 10.3. The van der Waals surface area contributed by atoms with Crippen LogP contribution in [0.15, 0.2) is 48.5 Å². The number of nitrogens with one attached hydrogen (secondary N) is 1. The summed E-state index contributed by atoms with van der Waals surface area (Å²) in [5, 5.41) is 3.51. The van der Waals surface area contributed by atoms with Crippen LogP contribution in [0.25, 0.3) is 11.1 Å². The van der Waals surface area contributed by atoms with Crippen LogP contribution in [-0.4, -0.2) is 19.6 Å². The molecule has 20 heavy (non-hydrogen) atoms. The number of benzene rings is 2. The van der Waals surface area contributed by atoms with Crippen molar-refractivity contribution in [3.8, 4) is 11.1 Å². The van der Waals surface area contributed by atoms with Gasteiger partial charge in [0.25, 0.3) is 0 Å². The Bertz CT molecular complexity index is 564. The third kappa shape index (κ3) is 4.08. The van der Waals surface area contributed by atoms with Gasteiger partial charge >= 0.3 is 0 Å². The first kappa shape index (κ1) is 14.6. The van der Waals surface area contributed by atoms with Crippen LogP contribution in [0.5, 0.6) is 0 Å². The Morgan fingerprint density at radius 3 is 2.15 bits per heavy atom. The highest BCUT2D eigenvalue weighted by molar-refractivity contribution is 6.30. The molecule has 2 aromatic carbocycles. The van der Waals surface area contributed by atoms with Crippen molar-refractivity contribution in [2.75, 3.05) is 13.7 Å². The lowest BCUT2D eigenvalue weighted by Gasteiger charge is -2.06. The van der Waals surface area contributed by atoms with Crippen molar-refractivity contribution < 1.29 is 9.53 Å². The zero-order valence-corrected chi connectivity index (χ0v) is 12.0. The summed E-state index contributed by atoms with van der Waals surface area (Å²) in [6.45, 7) is 0.589. The van der Waals surface area contributed by atoms with Gasteiger partial charge in [0.1, 0.15) is 6.61 Å².